The first-order valence-corrected chi connectivity index (χ1v) is 9.07. The minimum Gasteiger partial charge on any atom is -0.439 e. The second kappa shape index (κ2) is 9.08. The molecule has 0 saturated heterocycles. The lowest BCUT2D eigenvalue weighted by Gasteiger charge is -2.17. The minimum absolute atomic E-state index is 0.0203. The van der Waals surface area contributed by atoms with Crippen LogP contribution in [0.5, 0.6) is 11.6 Å². The number of aryl methyl sites for hydroxylation is 1. The van der Waals surface area contributed by atoms with E-state index in [4.69, 9.17) is 10.00 Å². The number of rotatable bonds is 7. The molecular weight excluding hydrogens is 430 g/mol. The van der Waals surface area contributed by atoms with Crippen LogP contribution in [0.15, 0.2) is 35.4 Å². The summed E-state index contributed by atoms with van der Waals surface area (Å²) in [6.45, 7) is 2.64. The van der Waals surface area contributed by atoms with Crippen LogP contribution in [0.2, 0.25) is 0 Å². The summed E-state index contributed by atoms with van der Waals surface area (Å²) in [6.07, 6.45) is -4.15. The van der Waals surface area contributed by atoms with Crippen LogP contribution in [0, 0.1) is 40.1 Å². The summed E-state index contributed by atoms with van der Waals surface area (Å²) in [7, 11) is 0. The maximum atomic E-state index is 13.2. The average molecular weight is 443 g/mol. The summed E-state index contributed by atoms with van der Waals surface area (Å²) in [5.41, 5.74) is -0.121. The van der Waals surface area contributed by atoms with Gasteiger partial charge in [-0.05, 0) is 26.0 Å². The Morgan fingerprint density at radius 3 is 2.57 bits per heavy atom. The van der Waals surface area contributed by atoms with Gasteiger partial charge >= 0.3 is 6.18 Å². The fourth-order valence-corrected chi connectivity index (χ4v) is 3.41. The third kappa shape index (κ3) is 5.44. The van der Waals surface area contributed by atoms with E-state index in [-0.39, 0.29) is 16.5 Å². The molecule has 30 heavy (non-hydrogen) atoms. The van der Waals surface area contributed by atoms with Gasteiger partial charge in [0.25, 0.3) is 5.69 Å². The molecule has 2 rings (SSSR count). The number of ketones is 1. The number of carbonyl (C=O) groups excluding carboxylic acids is 1. The number of hydrogen-bond donors (Lipinski definition) is 0. The molecule has 0 spiro atoms. The lowest BCUT2D eigenvalue weighted by Crippen LogP contribution is -2.34. The van der Waals surface area contributed by atoms with Crippen LogP contribution in [0.25, 0.3) is 0 Å². The largest absolute Gasteiger partial charge is 0.439 e. The van der Waals surface area contributed by atoms with Gasteiger partial charge in [0.2, 0.25) is 11.8 Å². The molecule has 0 amide bonds. The van der Waals surface area contributed by atoms with Crippen molar-refractivity contribution in [3.8, 4) is 17.7 Å². The molecule has 7 nitrogen and oxygen atoms in total. The van der Waals surface area contributed by atoms with Gasteiger partial charge in [0.1, 0.15) is 11.6 Å². The summed E-state index contributed by atoms with van der Waals surface area (Å²) in [5, 5.41) is 18.5. The number of Topliss-reactive ketones (excluding diaryl/α,β-unsaturated/α-hetero) is 1. The van der Waals surface area contributed by atoms with Gasteiger partial charge < -0.3 is 4.74 Å². The van der Waals surface area contributed by atoms with Crippen molar-refractivity contribution in [1.82, 2.24) is 4.98 Å². The first-order valence-electron chi connectivity index (χ1n) is 8.19. The normalized spacial score (nSPS) is 13.2. The molecule has 0 N–H and O–H groups in total. The Bertz CT molecular complexity index is 1020. The van der Waals surface area contributed by atoms with Crippen molar-refractivity contribution in [3.05, 3.63) is 52.0 Å². The molecule has 0 aliphatic heterocycles. The number of carbonyl (C=O) groups is 1. The summed E-state index contributed by atoms with van der Waals surface area (Å²) >= 11 is 0.495. The van der Waals surface area contributed by atoms with Crippen LogP contribution >= 0.6 is 11.8 Å². The molecule has 1 aromatic carbocycles. The number of pyridine rings is 1. The van der Waals surface area contributed by atoms with Crippen molar-refractivity contribution in [1.29, 1.82) is 5.26 Å². The Kier molecular flexibility index (Phi) is 6.99. The van der Waals surface area contributed by atoms with Gasteiger partial charge in [0.05, 0.1) is 27.3 Å². The zero-order valence-corrected chi connectivity index (χ0v) is 16.3. The lowest BCUT2D eigenvalue weighted by atomic mass is 10.0. The highest BCUT2D eigenvalue weighted by atomic mass is 32.2. The topological polar surface area (TPSA) is 106 Å². The zero-order valence-electron chi connectivity index (χ0n) is 15.4. The Hall–Kier alpha value is -3.20. The predicted molar refractivity (Wildman–Crippen MR) is 97.6 cm³/mol. The highest BCUT2D eigenvalue weighted by molar-refractivity contribution is 8.00. The molecule has 0 radical (unpaired) electrons. The van der Waals surface area contributed by atoms with Gasteiger partial charge in [-0.2, -0.15) is 18.4 Å². The van der Waals surface area contributed by atoms with E-state index in [0.29, 0.717) is 17.3 Å². The van der Waals surface area contributed by atoms with Crippen LogP contribution in [0.3, 0.4) is 0 Å². The minimum atomic E-state index is -5.05. The fraction of sp³-hybridized carbons (Fsp3) is 0.278. The SMILES string of the molecule is Cc1cc(F)cnc1Oc1ccc([N+](=O)[O-])c(SC(C)C(=O)C(C#N)C(F)(F)F)c1. The second-order valence-electron chi connectivity index (χ2n) is 6.03. The van der Waals surface area contributed by atoms with E-state index in [1.165, 1.54) is 13.0 Å². The summed E-state index contributed by atoms with van der Waals surface area (Å²) in [6, 6.07) is 5.51. The molecule has 0 saturated carbocycles. The van der Waals surface area contributed by atoms with E-state index >= 15 is 0 Å². The van der Waals surface area contributed by atoms with E-state index in [9.17, 15) is 32.5 Å². The number of nitro benzene ring substituents is 1. The van der Waals surface area contributed by atoms with E-state index in [1.54, 1.807) is 0 Å². The molecule has 2 atom stereocenters. The Labute approximate surface area is 171 Å². The second-order valence-corrected chi connectivity index (χ2v) is 7.41. The lowest BCUT2D eigenvalue weighted by molar-refractivity contribution is -0.387. The monoisotopic (exact) mass is 443 g/mol. The predicted octanol–water partition coefficient (Wildman–Crippen LogP) is 4.98. The van der Waals surface area contributed by atoms with Gasteiger partial charge in [-0.15, -0.1) is 11.8 Å². The molecule has 0 aliphatic rings. The number of ether oxygens (including phenoxy) is 1. The zero-order chi connectivity index (χ0) is 22.6. The molecule has 12 heteroatoms. The molecule has 1 aromatic heterocycles. The maximum absolute atomic E-state index is 13.2. The highest BCUT2D eigenvalue weighted by Gasteiger charge is 2.46. The van der Waals surface area contributed by atoms with Gasteiger partial charge in [-0.25, -0.2) is 9.37 Å². The maximum Gasteiger partial charge on any atom is 0.411 e. The van der Waals surface area contributed by atoms with Crippen molar-refractivity contribution in [2.45, 2.75) is 30.2 Å². The van der Waals surface area contributed by atoms with Crippen molar-refractivity contribution in [2.24, 2.45) is 5.92 Å². The number of halogens is 4. The third-order valence-electron chi connectivity index (χ3n) is 3.78. The summed E-state index contributed by atoms with van der Waals surface area (Å²) in [4.78, 5) is 26.2. The van der Waals surface area contributed by atoms with Gasteiger partial charge in [0.15, 0.2) is 5.78 Å². The highest BCUT2D eigenvalue weighted by Crippen LogP contribution is 2.38. The van der Waals surface area contributed by atoms with E-state index in [2.05, 4.69) is 4.98 Å². The Morgan fingerprint density at radius 2 is 2.03 bits per heavy atom. The molecule has 2 aromatic rings. The standard InChI is InChI=1S/C18H13F4N3O4S/c1-9-5-11(19)8-24-17(9)29-12-3-4-14(25(27)28)15(6-12)30-10(2)16(26)13(7-23)18(20,21)22/h3-6,8,10,13H,1-2H3. The molecular formula is C18H13F4N3O4S. The van der Waals surface area contributed by atoms with E-state index in [1.807, 2.05) is 0 Å². The smallest absolute Gasteiger partial charge is 0.411 e. The molecule has 0 bridgehead atoms. The van der Waals surface area contributed by atoms with Gasteiger partial charge in [0, 0.05) is 17.7 Å². The number of hydrogen-bond acceptors (Lipinski definition) is 7. The first kappa shape index (κ1) is 23.1. The number of nitrogens with zero attached hydrogens (tertiary/aromatic N) is 3. The summed E-state index contributed by atoms with van der Waals surface area (Å²) in [5.74, 6) is -4.80. The number of alkyl halides is 3. The fourth-order valence-electron chi connectivity index (χ4n) is 2.33. The number of benzene rings is 1. The van der Waals surface area contributed by atoms with Crippen molar-refractivity contribution >= 4 is 23.2 Å². The molecule has 2 unspecified atom stereocenters. The quantitative estimate of drug-likeness (QED) is 0.257. The van der Waals surface area contributed by atoms with Crippen molar-refractivity contribution in [2.75, 3.05) is 0 Å². The summed E-state index contributed by atoms with van der Waals surface area (Å²) < 4.78 is 57.1. The number of thioether (sulfide) groups is 1. The van der Waals surface area contributed by atoms with Gasteiger partial charge in [-0.3, -0.25) is 14.9 Å². The van der Waals surface area contributed by atoms with Crippen molar-refractivity contribution < 1.29 is 32.0 Å². The third-order valence-corrected chi connectivity index (χ3v) is 4.95. The van der Waals surface area contributed by atoms with Crippen molar-refractivity contribution in [3.63, 3.8) is 0 Å². The van der Waals surface area contributed by atoms with E-state index < -0.39 is 39.6 Å². The molecule has 1 heterocycles. The molecule has 0 aliphatic carbocycles. The molecule has 0 fully saturated rings. The number of nitro groups is 1. The Morgan fingerprint density at radius 1 is 1.37 bits per heavy atom. The Balaban J connectivity index is 2.33. The number of aromatic nitrogens is 1. The van der Waals surface area contributed by atoms with Gasteiger partial charge in [-0.1, -0.05) is 0 Å². The van der Waals surface area contributed by atoms with Crippen LogP contribution in [-0.2, 0) is 4.79 Å². The van der Waals surface area contributed by atoms with Crippen LogP contribution in [-0.4, -0.2) is 27.1 Å². The average Bonchev–Trinajstić information content (AvgIpc) is 2.63. The number of nitriles is 1. The molecule has 158 valence electrons. The van der Waals surface area contributed by atoms with E-state index in [0.717, 1.165) is 37.4 Å². The van der Waals surface area contributed by atoms with Crippen LogP contribution in [0.1, 0.15) is 12.5 Å². The first-order chi connectivity index (χ1) is 13.9. The van der Waals surface area contributed by atoms with Crippen LogP contribution < -0.4 is 4.74 Å². The van der Waals surface area contributed by atoms with Crippen LogP contribution in [0.4, 0.5) is 23.2 Å².